The third-order valence-electron chi connectivity index (χ3n) is 7.32. The van der Waals surface area contributed by atoms with Crippen molar-refractivity contribution in [3.8, 4) is 0 Å². The maximum absolute atomic E-state index is 13.6. The second-order valence-corrected chi connectivity index (χ2v) is 9.57. The van der Waals surface area contributed by atoms with Gasteiger partial charge < -0.3 is 14.7 Å². The number of aliphatic carboxylic acids is 1. The molecule has 0 aromatic heterocycles. The molecule has 3 atom stereocenters. The SMILES string of the molecule is O=C(O)CCC(=O)N(c1ccccc1)[C@H]1c2ccccc2N(C(=O)OCc2ccccc2)[C@@H]2CCC[C@@H]21. The lowest BCUT2D eigenvalue weighted by Crippen LogP contribution is -2.52. The Hall–Kier alpha value is -4.13. The number of amides is 2. The predicted octanol–water partition coefficient (Wildman–Crippen LogP) is 5.95. The van der Waals surface area contributed by atoms with E-state index in [-0.39, 0.29) is 43.4 Å². The molecule has 1 saturated carbocycles. The number of carbonyl (C=O) groups excluding carboxylic acids is 2. The smallest absolute Gasteiger partial charge is 0.414 e. The normalized spacial score (nSPS) is 20.0. The van der Waals surface area contributed by atoms with Crippen LogP contribution in [-0.4, -0.2) is 29.1 Å². The molecule has 0 bridgehead atoms. The molecular weight excluding hydrogens is 468 g/mol. The molecule has 0 unspecified atom stereocenters. The second kappa shape index (κ2) is 10.9. The van der Waals surface area contributed by atoms with Gasteiger partial charge in [-0.2, -0.15) is 0 Å². The molecule has 1 fully saturated rings. The number of anilines is 2. The van der Waals surface area contributed by atoms with E-state index in [0.717, 1.165) is 41.8 Å². The second-order valence-electron chi connectivity index (χ2n) is 9.57. The van der Waals surface area contributed by atoms with Gasteiger partial charge in [-0.1, -0.05) is 73.2 Å². The summed E-state index contributed by atoms with van der Waals surface area (Å²) in [6, 6.07) is 26.2. The highest BCUT2D eigenvalue weighted by molar-refractivity contribution is 5.97. The van der Waals surface area contributed by atoms with Crippen LogP contribution in [0.4, 0.5) is 16.2 Å². The number of carbonyl (C=O) groups is 3. The van der Waals surface area contributed by atoms with Crippen LogP contribution in [0.1, 0.15) is 49.3 Å². The maximum Gasteiger partial charge on any atom is 0.414 e. The Kier molecular flexibility index (Phi) is 7.21. The number of nitrogens with zero attached hydrogens (tertiary/aromatic N) is 2. The molecule has 7 nitrogen and oxygen atoms in total. The van der Waals surface area contributed by atoms with Crippen molar-refractivity contribution < 1.29 is 24.2 Å². The fraction of sp³-hybridized carbons (Fsp3) is 0.300. The number of hydrogen-bond acceptors (Lipinski definition) is 4. The van der Waals surface area contributed by atoms with E-state index in [1.54, 1.807) is 9.80 Å². The fourth-order valence-corrected chi connectivity index (χ4v) is 5.76. The van der Waals surface area contributed by atoms with E-state index >= 15 is 0 Å². The first-order valence-corrected chi connectivity index (χ1v) is 12.7. The molecule has 2 amide bonds. The van der Waals surface area contributed by atoms with E-state index in [0.29, 0.717) is 0 Å². The van der Waals surface area contributed by atoms with Crippen LogP contribution in [0.25, 0.3) is 0 Å². The largest absolute Gasteiger partial charge is 0.481 e. The molecule has 0 radical (unpaired) electrons. The Morgan fingerprint density at radius 2 is 1.54 bits per heavy atom. The molecule has 7 heteroatoms. The summed E-state index contributed by atoms with van der Waals surface area (Å²) in [6.07, 6.45) is 1.86. The number of fused-ring (bicyclic) bond motifs is 2. The lowest BCUT2D eigenvalue weighted by molar-refractivity contribution is -0.138. The topological polar surface area (TPSA) is 87.2 Å². The molecule has 1 aliphatic carbocycles. The summed E-state index contributed by atoms with van der Waals surface area (Å²) < 4.78 is 5.77. The Labute approximate surface area is 216 Å². The summed E-state index contributed by atoms with van der Waals surface area (Å²) >= 11 is 0. The Balaban J connectivity index is 1.52. The zero-order valence-electron chi connectivity index (χ0n) is 20.5. The predicted molar refractivity (Wildman–Crippen MR) is 140 cm³/mol. The maximum atomic E-state index is 13.6. The first kappa shape index (κ1) is 24.6. The van der Waals surface area contributed by atoms with E-state index in [2.05, 4.69) is 0 Å². The third-order valence-corrected chi connectivity index (χ3v) is 7.32. The van der Waals surface area contributed by atoms with Gasteiger partial charge in [0.15, 0.2) is 0 Å². The molecule has 0 saturated heterocycles. The zero-order valence-corrected chi connectivity index (χ0v) is 20.5. The van der Waals surface area contributed by atoms with Crippen LogP contribution in [-0.2, 0) is 20.9 Å². The monoisotopic (exact) mass is 498 g/mol. The van der Waals surface area contributed by atoms with Gasteiger partial charge in [-0.05, 0) is 42.2 Å². The van der Waals surface area contributed by atoms with Crippen molar-refractivity contribution in [1.29, 1.82) is 0 Å². The molecule has 5 rings (SSSR count). The lowest BCUT2D eigenvalue weighted by Gasteiger charge is -2.47. The number of carboxylic acid groups (broad SMARTS) is 1. The first-order chi connectivity index (χ1) is 18.0. The number of ether oxygens (including phenoxy) is 1. The van der Waals surface area contributed by atoms with Crippen LogP contribution in [0.15, 0.2) is 84.9 Å². The highest BCUT2D eigenvalue weighted by atomic mass is 16.6. The molecule has 37 heavy (non-hydrogen) atoms. The third kappa shape index (κ3) is 5.07. The average molecular weight is 499 g/mol. The van der Waals surface area contributed by atoms with Crippen LogP contribution >= 0.6 is 0 Å². The van der Waals surface area contributed by atoms with E-state index in [1.807, 2.05) is 84.9 Å². The first-order valence-electron chi connectivity index (χ1n) is 12.7. The van der Waals surface area contributed by atoms with Gasteiger partial charge in [0, 0.05) is 24.1 Å². The molecule has 1 heterocycles. The summed E-state index contributed by atoms with van der Waals surface area (Å²) in [5.41, 5.74) is 3.25. The minimum absolute atomic E-state index is 0.00633. The van der Waals surface area contributed by atoms with Gasteiger partial charge in [-0.25, -0.2) is 4.79 Å². The van der Waals surface area contributed by atoms with Crippen LogP contribution in [0.2, 0.25) is 0 Å². The number of para-hydroxylation sites is 2. The summed E-state index contributed by atoms with van der Waals surface area (Å²) in [7, 11) is 0. The molecule has 190 valence electrons. The van der Waals surface area contributed by atoms with Gasteiger partial charge in [0.1, 0.15) is 6.61 Å². The van der Waals surface area contributed by atoms with Crippen molar-refractivity contribution in [2.75, 3.05) is 9.80 Å². The summed E-state index contributed by atoms with van der Waals surface area (Å²) in [5, 5.41) is 9.23. The molecule has 3 aromatic carbocycles. The van der Waals surface area contributed by atoms with Crippen molar-refractivity contribution in [2.45, 2.75) is 50.8 Å². The Morgan fingerprint density at radius 1 is 0.865 bits per heavy atom. The van der Waals surface area contributed by atoms with Gasteiger partial charge in [-0.3, -0.25) is 14.5 Å². The summed E-state index contributed by atoms with van der Waals surface area (Å²) in [4.78, 5) is 41.9. The highest BCUT2D eigenvalue weighted by Crippen LogP contribution is 2.51. The molecule has 2 aliphatic rings. The van der Waals surface area contributed by atoms with E-state index in [9.17, 15) is 19.5 Å². The highest BCUT2D eigenvalue weighted by Gasteiger charge is 2.49. The number of hydrogen-bond donors (Lipinski definition) is 1. The molecule has 0 spiro atoms. The van der Waals surface area contributed by atoms with Gasteiger partial charge in [0.25, 0.3) is 0 Å². The minimum atomic E-state index is -1.00. The van der Waals surface area contributed by atoms with E-state index in [1.165, 1.54) is 0 Å². The number of rotatable bonds is 7. The van der Waals surface area contributed by atoms with Crippen molar-refractivity contribution in [3.05, 3.63) is 96.1 Å². The van der Waals surface area contributed by atoms with Gasteiger partial charge in [-0.15, -0.1) is 0 Å². The Morgan fingerprint density at radius 3 is 2.27 bits per heavy atom. The zero-order chi connectivity index (χ0) is 25.8. The number of benzene rings is 3. The average Bonchev–Trinajstić information content (AvgIpc) is 3.41. The minimum Gasteiger partial charge on any atom is -0.481 e. The van der Waals surface area contributed by atoms with Crippen LogP contribution in [0.3, 0.4) is 0 Å². The van der Waals surface area contributed by atoms with Crippen molar-refractivity contribution in [3.63, 3.8) is 0 Å². The van der Waals surface area contributed by atoms with E-state index < -0.39 is 12.1 Å². The van der Waals surface area contributed by atoms with Crippen LogP contribution in [0.5, 0.6) is 0 Å². The molecule has 1 N–H and O–H groups in total. The van der Waals surface area contributed by atoms with Crippen molar-refractivity contribution in [1.82, 2.24) is 0 Å². The lowest BCUT2D eigenvalue weighted by atomic mass is 9.81. The quantitative estimate of drug-likeness (QED) is 0.435. The Bertz CT molecular complexity index is 1260. The van der Waals surface area contributed by atoms with Crippen molar-refractivity contribution in [2.24, 2.45) is 5.92 Å². The summed E-state index contributed by atoms with van der Waals surface area (Å²) in [5.74, 6) is -1.25. The van der Waals surface area contributed by atoms with Gasteiger partial charge in [0.05, 0.1) is 18.2 Å². The fourth-order valence-electron chi connectivity index (χ4n) is 5.76. The molecule has 1 aliphatic heterocycles. The molecular formula is C30H30N2O5. The molecule has 3 aromatic rings. The van der Waals surface area contributed by atoms with Crippen LogP contribution < -0.4 is 9.80 Å². The van der Waals surface area contributed by atoms with Crippen LogP contribution in [0, 0.1) is 5.92 Å². The van der Waals surface area contributed by atoms with Gasteiger partial charge in [0.2, 0.25) is 5.91 Å². The van der Waals surface area contributed by atoms with Crippen molar-refractivity contribution >= 4 is 29.3 Å². The van der Waals surface area contributed by atoms with Gasteiger partial charge >= 0.3 is 12.1 Å². The standard InChI is InChI=1S/C30H30N2O5/c33-27(18-19-28(34)35)31(22-12-5-2-6-13-22)29-23-14-7-8-16-25(23)32(26-17-9-15-24(26)29)30(36)37-20-21-10-3-1-4-11-21/h1-8,10-14,16,24,26,29H,9,15,17-20H2,(H,34,35)/t24-,26+,29-/m0/s1. The number of carboxylic acids is 1. The van der Waals surface area contributed by atoms with E-state index in [4.69, 9.17) is 4.74 Å². The summed E-state index contributed by atoms with van der Waals surface area (Å²) in [6.45, 7) is 0.184.